The van der Waals surface area contributed by atoms with Gasteiger partial charge in [-0.15, -0.1) is 0 Å². The van der Waals surface area contributed by atoms with Crippen LogP contribution in [0.2, 0.25) is 0 Å². The SMILES string of the molecule is CCOc1ccccc1NC(=O)C1CC1C(=O)N(CC)CC. The van der Waals surface area contributed by atoms with Gasteiger partial charge >= 0.3 is 0 Å². The van der Waals surface area contributed by atoms with Crippen molar-refractivity contribution >= 4 is 17.5 Å². The predicted molar refractivity (Wildman–Crippen MR) is 85.8 cm³/mol. The molecule has 0 heterocycles. The van der Waals surface area contributed by atoms with Crippen LogP contribution in [0.25, 0.3) is 0 Å². The molecule has 0 aromatic heterocycles. The average molecular weight is 304 g/mol. The third kappa shape index (κ3) is 3.59. The van der Waals surface area contributed by atoms with Gasteiger partial charge in [-0.1, -0.05) is 12.1 Å². The Labute approximate surface area is 131 Å². The number of ether oxygens (including phenoxy) is 1. The fourth-order valence-electron chi connectivity index (χ4n) is 2.60. The van der Waals surface area contributed by atoms with Crippen LogP contribution in [0, 0.1) is 11.8 Å². The Hall–Kier alpha value is -2.04. The minimum Gasteiger partial charge on any atom is -0.492 e. The van der Waals surface area contributed by atoms with Gasteiger partial charge in [0.2, 0.25) is 11.8 Å². The number of para-hydroxylation sites is 2. The molecule has 1 aliphatic rings. The summed E-state index contributed by atoms with van der Waals surface area (Å²) in [6.45, 7) is 7.73. The Morgan fingerprint density at radius 3 is 2.50 bits per heavy atom. The van der Waals surface area contributed by atoms with E-state index >= 15 is 0 Å². The monoisotopic (exact) mass is 304 g/mol. The van der Waals surface area contributed by atoms with E-state index in [-0.39, 0.29) is 23.7 Å². The van der Waals surface area contributed by atoms with Crippen molar-refractivity contribution in [1.82, 2.24) is 4.90 Å². The zero-order chi connectivity index (χ0) is 16.1. The molecule has 1 aromatic rings. The van der Waals surface area contributed by atoms with Gasteiger partial charge in [-0.2, -0.15) is 0 Å². The van der Waals surface area contributed by atoms with Crippen LogP contribution in [-0.4, -0.2) is 36.4 Å². The van der Waals surface area contributed by atoms with E-state index in [1.165, 1.54) is 0 Å². The molecule has 0 bridgehead atoms. The topological polar surface area (TPSA) is 58.6 Å². The number of benzene rings is 1. The summed E-state index contributed by atoms with van der Waals surface area (Å²) >= 11 is 0. The van der Waals surface area contributed by atoms with Gasteiger partial charge in [0.25, 0.3) is 0 Å². The maximum Gasteiger partial charge on any atom is 0.228 e. The summed E-state index contributed by atoms with van der Waals surface area (Å²) < 4.78 is 5.50. The molecule has 0 aliphatic heterocycles. The number of hydrogen-bond acceptors (Lipinski definition) is 3. The first kappa shape index (κ1) is 16.3. The summed E-state index contributed by atoms with van der Waals surface area (Å²) in [6.07, 6.45) is 0.637. The molecule has 1 aromatic carbocycles. The Morgan fingerprint density at radius 1 is 1.18 bits per heavy atom. The first-order valence-electron chi connectivity index (χ1n) is 7.93. The maximum atomic E-state index is 12.3. The summed E-state index contributed by atoms with van der Waals surface area (Å²) in [4.78, 5) is 26.3. The van der Waals surface area contributed by atoms with E-state index in [1.807, 2.05) is 45.0 Å². The van der Waals surface area contributed by atoms with Crippen molar-refractivity contribution in [2.45, 2.75) is 27.2 Å². The van der Waals surface area contributed by atoms with Gasteiger partial charge in [-0.25, -0.2) is 0 Å². The summed E-state index contributed by atoms with van der Waals surface area (Å²) in [6, 6.07) is 7.35. The average Bonchev–Trinajstić information content (AvgIpc) is 3.31. The van der Waals surface area contributed by atoms with Gasteiger partial charge in [-0.05, 0) is 39.3 Å². The maximum absolute atomic E-state index is 12.3. The van der Waals surface area contributed by atoms with Crippen molar-refractivity contribution in [3.05, 3.63) is 24.3 Å². The Balaban J connectivity index is 1.96. The molecule has 0 spiro atoms. The lowest BCUT2D eigenvalue weighted by atomic mass is 10.2. The molecule has 1 aliphatic carbocycles. The second kappa shape index (κ2) is 7.29. The molecular formula is C17H24N2O3. The highest BCUT2D eigenvalue weighted by atomic mass is 16.5. The van der Waals surface area contributed by atoms with Gasteiger partial charge in [0.1, 0.15) is 5.75 Å². The number of amides is 2. The van der Waals surface area contributed by atoms with Crippen LogP contribution in [0.3, 0.4) is 0 Å². The third-order valence-electron chi connectivity index (χ3n) is 3.96. The molecule has 22 heavy (non-hydrogen) atoms. The lowest BCUT2D eigenvalue weighted by Gasteiger charge is -2.18. The fraction of sp³-hybridized carbons (Fsp3) is 0.529. The van der Waals surface area contributed by atoms with Crippen LogP contribution >= 0.6 is 0 Å². The predicted octanol–water partition coefficient (Wildman–Crippen LogP) is 2.53. The van der Waals surface area contributed by atoms with Crippen molar-refractivity contribution in [2.24, 2.45) is 11.8 Å². The molecule has 2 atom stereocenters. The highest BCUT2D eigenvalue weighted by Crippen LogP contribution is 2.41. The van der Waals surface area contributed by atoms with Crippen LogP contribution in [-0.2, 0) is 9.59 Å². The van der Waals surface area contributed by atoms with Crippen molar-refractivity contribution in [3.63, 3.8) is 0 Å². The Bertz CT molecular complexity index is 540. The number of carbonyl (C=O) groups excluding carboxylic acids is 2. The highest BCUT2D eigenvalue weighted by Gasteiger charge is 2.49. The first-order chi connectivity index (χ1) is 10.6. The quantitative estimate of drug-likeness (QED) is 0.842. The molecular weight excluding hydrogens is 280 g/mol. The second-order valence-electron chi connectivity index (χ2n) is 5.38. The van der Waals surface area contributed by atoms with Gasteiger partial charge in [-0.3, -0.25) is 9.59 Å². The largest absolute Gasteiger partial charge is 0.492 e. The van der Waals surface area contributed by atoms with Crippen molar-refractivity contribution in [2.75, 3.05) is 25.0 Å². The minimum atomic E-state index is -0.220. The molecule has 5 heteroatoms. The minimum absolute atomic E-state index is 0.0863. The van der Waals surface area contributed by atoms with Crippen molar-refractivity contribution < 1.29 is 14.3 Å². The van der Waals surface area contributed by atoms with Gasteiger partial charge in [0.15, 0.2) is 0 Å². The van der Waals surface area contributed by atoms with Crippen LogP contribution in [0.5, 0.6) is 5.75 Å². The van der Waals surface area contributed by atoms with Crippen LogP contribution in [0.1, 0.15) is 27.2 Å². The van der Waals surface area contributed by atoms with Crippen LogP contribution in [0.4, 0.5) is 5.69 Å². The molecule has 0 radical (unpaired) electrons. The standard InChI is InChI=1S/C17H24N2O3/c1-4-19(5-2)17(21)13-11-12(13)16(20)18-14-9-7-8-10-15(14)22-6-3/h7-10,12-13H,4-6,11H2,1-3H3,(H,18,20). The number of rotatable bonds is 7. The van der Waals surface area contributed by atoms with E-state index in [4.69, 9.17) is 4.74 Å². The Morgan fingerprint density at radius 2 is 1.86 bits per heavy atom. The lowest BCUT2D eigenvalue weighted by Crippen LogP contribution is -2.33. The summed E-state index contributed by atoms with van der Waals surface area (Å²) in [5.74, 6) is 0.258. The smallest absolute Gasteiger partial charge is 0.228 e. The molecule has 120 valence electrons. The van der Waals surface area contributed by atoms with Gasteiger partial charge in [0.05, 0.1) is 24.1 Å². The van der Waals surface area contributed by atoms with E-state index < -0.39 is 0 Å². The van der Waals surface area contributed by atoms with E-state index in [0.717, 1.165) is 0 Å². The lowest BCUT2D eigenvalue weighted by molar-refractivity contribution is -0.133. The highest BCUT2D eigenvalue weighted by molar-refractivity contribution is 6.00. The first-order valence-corrected chi connectivity index (χ1v) is 7.93. The fourth-order valence-corrected chi connectivity index (χ4v) is 2.60. The second-order valence-corrected chi connectivity index (χ2v) is 5.38. The number of anilines is 1. The van der Waals surface area contributed by atoms with Crippen molar-refractivity contribution in [3.8, 4) is 5.75 Å². The molecule has 1 fully saturated rings. The normalized spacial score (nSPS) is 19.4. The summed E-state index contributed by atoms with van der Waals surface area (Å²) in [5.41, 5.74) is 0.662. The van der Waals surface area contributed by atoms with Crippen LogP contribution in [0.15, 0.2) is 24.3 Å². The molecule has 2 amide bonds. The third-order valence-corrected chi connectivity index (χ3v) is 3.96. The molecule has 2 unspecified atom stereocenters. The zero-order valence-electron chi connectivity index (χ0n) is 13.5. The molecule has 0 saturated heterocycles. The van der Waals surface area contributed by atoms with E-state index in [1.54, 1.807) is 4.90 Å². The summed E-state index contributed by atoms with van der Waals surface area (Å²) in [7, 11) is 0. The number of nitrogens with one attached hydrogen (secondary N) is 1. The van der Waals surface area contributed by atoms with Gasteiger partial charge in [0, 0.05) is 13.1 Å². The zero-order valence-corrected chi connectivity index (χ0v) is 13.5. The van der Waals surface area contributed by atoms with E-state index in [2.05, 4.69) is 5.32 Å². The molecule has 2 rings (SSSR count). The number of hydrogen-bond donors (Lipinski definition) is 1. The molecule has 5 nitrogen and oxygen atoms in total. The number of carbonyl (C=O) groups is 2. The summed E-state index contributed by atoms with van der Waals surface area (Å²) in [5, 5.41) is 2.88. The molecule has 1 saturated carbocycles. The van der Waals surface area contributed by atoms with Crippen LogP contribution < -0.4 is 10.1 Å². The van der Waals surface area contributed by atoms with Gasteiger partial charge < -0.3 is 15.0 Å². The molecule has 1 N–H and O–H groups in total. The van der Waals surface area contributed by atoms with E-state index in [0.29, 0.717) is 37.6 Å². The van der Waals surface area contributed by atoms with Crippen molar-refractivity contribution in [1.29, 1.82) is 0 Å². The number of nitrogens with zero attached hydrogens (tertiary/aromatic N) is 1. The van der Waals surface area contributed by atoms with E-state index in [9.17, 15) is 9.59 Å². The Kier molecular flexibility index (Phi) is 5.41.